The summed E-state index contributed by atoms with van der Waals surface area (Å²) in [7, 11) is 0. The van der Waals surface area contributed by atoms with Crippen LogP contribution in [0, 0.1) is 13.8 Å². The summed E-state index contributed by atoms with van der Waals surface area (Å²) in [4.78, 5) is 23.6. The Kier molecular flexibility index (Phi) is 5.06. The molecular formula is C13H19N7O3. The topological polar surface area (TPSA) is 130 Å². The number of nitrogens with zero attached hydrogens (tertiary/aromatic N) is 5. The molecule has 0 bridgehead atoms. The second kappa shape index (κ2) is 7.01. The average Bonchev–Trinajstić information content (AvgIpc) is 3.03. The molecule has 0 saturated carbocycles. The zero-order valence-electron chi connectivity index (χ0n) is 13.2. The van der Waals surface area contributed by atoms with Crippen LogP contribution in [-0.4, -0.2) is 43.4 Å². The summed E-state index contributed by atoms with van der Waals surface area (Å²) < 4.78 is 7.34. The first-order valence-electron chi connectivity index (χ1n) is 7.08. The highest BCUT2D eigenvalue weighted by molar-refractivity contribution is 5.83. The minimum atomic E-state index is -0.628. The molecule has 0 aliphatic rings. The summed E-state index contributed by atoms with van der Waals surface area (Å²) in [5.74, 6) is -0.0786. The molecule has 0 unspecified atom stereocenters. The van der Waals surface area contributed by atoms with Crippen molar-refractivity contribution in [2.24, 2.45) is 5.73 Å². The standard InChI is InChI=1S/C13H19N7O3/c1-4-23-13(22)15-11-6-19(18-16-11)7-12(21)20-9(3)10(5-14)8(2)17-20/h6H,4-5,7,14H2,1-3H3,(H,15,22). The molecule has 0 fully saturated rings. The van der Waals surface area contributed by atoms with Gasteiger partial charge in [-0.3, -0.25) is 10.1 Å². The summed E-state index contributed by atoms with van der Waals surface area (Å²) in [5, 5.41) is 14.1. The fourth-order valence-corrected chi connectivity index (χ4v) is 2.12. The van der Waals surface area contributed by atoms with Gasteiger partial charge >= 0.3 is 6.09 Å². The molecule has 0 radical (unpaired) electrons. The third-order valence-corrected chi connectivity index (χ3v) is 3.22. The Hall–Kier alpha value is -2.75. The summed E-state index contributed by atoms with van der Waals surface area (Å²) >= 11 is 0. The number of carbonyl (C=O) groups excluding carboxylic acids is 2. The molecule has 3 N–H and O–H groups in total. The molecule has 2 heterocycles. The van der Waals surface area contributed by atoms with Crippen LogP contribution < -0.4 is 11.1 Å². The van der Waals surface area contributed by atoms with Gasteiger partial charge in [-0.05, 0) is 20.8 Å². The van der Waals surface area contributed by atoms with Crippen molar-refractivity contribution in [2.75, 3.05) is 11.9 Å². The third-order valence-electron chi connectivity index (χ3n) is 3.22. The van der Waals surface area contributed by atoms with E-state index in [4.69, 9.17) is 10.5 Å². The maximum atomic E-state index is 12.3. The number of anilines is 1. The lowest BCUT2D eigenvalue weighted by atomic mass is 10.2. The van der Waals surface area contributed by atoms with Crippen LogP contribution in [-0.2, 0) is 17.8 Å². The molecule has 1 amide bonds. The Morgan fingerprint density at radius 2 is 2.13 bits per heavy atom. The van der Waals surface area contributed by atoms with Crippen LogP contribution >= 0.6 is 0 Å². The smallest absolute Gasteiger partial charge is 0.412 e. The highest BCUT2D eigenvalue weighted by Gasteiger charge is 2.17. The number of hydrogen-bond donors (Lipinski definition) is 2. The van der Waals surface area contributed by atoms with Crippen LogP contribution in [0.25, 0.3) is 0 Å². The summed E-state index contributed by atoms with van der Waals surface area (Å²) in [6.45, 7) is 5.79. The van der Waals surface area contributed by atoms with Gasteiger partial charge in [0.15, 0.2) is 5.82 Å². The minimum Gasteiger partial charge on any atom is -0.450 e. The largest absolute Gasteiger partial charge is 0.450 e. The van der Waals surface area contributed by atoms with Gasteiger partial charge in [-0.2, -0.15) is 5.10 Å². The van der Waals surface area contributed by atoms with Gasteiger partial charge in [0.2, 0.25) is 0 Å². The second-order valence-electron chi connectivity index (χ2n) is 4.81. The first-order valence-corrected chi connectivity index (χ1v) is 7.08. The van der Waals surface area contributed by atoms with E-state index in [0.717, 1.165) is 11.3 Å². The zero-order chi connectivity index (χ0) is 17.0. The molecule has 124 valence electrons. The van der Waals surface area contributed by atoms with Gasteiger partial charge in [0, 0.05) is 17.8 Å². The number of amides is 1. The van der Waals surface area contributed by atoms with Crippen molar-refractivity contribution in [1.82, 2.24) is 24.8 Å². The maximum absolute atomic E-state index is 12.3. The van der Waals surface area contributed by atoms with Gasteiger partial charge in [0.25, 0.3) is 5.91 Å². The highest BCUT2D eigenvalue weighted by atomic mass is 16.5. The van der Waals surface area contributed by atoms with Crippen LogP contribution in [0.2, 0.25) is 0 Å². The monoisotopic (exact) mass is 321 g/mol. The molecule has 2 aromatic rings. The van der Waals surface area contributed by atoms with Gasteiger partial charge in [0.05, 0.1) is 18.5 Å². The third kappa shape index (κ3) is 3.72. The number of ether oxygens (including phenoxy) is 1. The van der Waals surface area contributed by atoms with Crippen molar-refractivity contribution in [3.05, 3.63) is 23.1 Å². The van der Waals surface area contributed by atoms with E-state index in [2.05, 4.69) is 20.7 Å². The Bertz CT molecular complexity index is 719. The van der Waals surface area contributed by atoms with Crippen molar-refractivity contribution in [3.63, 3.8) is 0 Å². The minimum absolute atomic E-state index is 0.0660. The quantitative estimate of drug-likeness (QED) is 0.818. The SMILES string of the molecule is CCOC(=O)Nc1cn(CC(=O)n2nc(C)c(CN)c2C)nn1. The number of aromatic nitrogens is 5. The van der Waals surface area contributed by atoms with E-state index in [-0.39, 0.29) is 24.9 Å². The molecule has 23 heavy (non-hydrogen) atoms. The normalized spacial score (nSPS) is 10.6. The van der Waals surface area contributed by atoms with Crippen LogP contribution in [0.1, 0.15) is 28.7 Å². The van der Waals surface area contributed by atoms with Gasteiger partial charge < -0.3 is 10.5 Å². The summed E-state index contributed by atoms with van der Waals surface area (Å²) in [5.41, 5.74) is 7.93. The molecule has 2 rings (SSSR count). The number of rotatable bonds is 5. The molecule has 0 spiro atoms. The van der Waals surface area contributed by atoms with E-state index in [1.54, 1.807) is 20.8 Å². The van der Waals surface area contributed by atoms with E-state index in [1.807, 2.05) is 0 Å². The summed E-state index contributed by atoms with van der Waals surface area (Å²) in [6.07, 6.45) is 0.807. The van der Waals surface area contributed by atoms with Gasteiger partial charge in [-0.15, -0.1) is 5.10 Å². The Balaban J connectivity index is 2.06. The molecule has 2 aromatic heterocycles. The van der Waals surface area contributed by atoms with Crippen molar-refractivity contribution in [3.8, 4) is 0 Å². The van der Waals surface area contributed by atoms with Crippen LogP contribution in [0.5, 0.6) is 0 Å². The van der Waals surface area contributed by atoms with E-state index < -0.39 is 6.09 Å². The summed E-state index contributed by atoms with van der Waals surface area (Å²) in [6, 6.07) is 0. The van der Waals surface area contributed by atoms with Gasteiger partial charge in [-0.25, -0.2) is 14.2 Å². The van der Waals surface area contributed by atoms with Crippen LogP contribution in [0.4, 0.5) is 10.6 Å². The van der Waals surface area contributed by atoms with E-state index in [0.29, 0.717) is 12.2 Å². The molecule has 0 aliphatic carbocycles. The lowest BCUT2D eigenvalue weighted by Gasteiger charge is -2.03. The molecular weight excluding hydrogens is 302 g/mol. The van der Waals surface area contributed by atoms with E-state index in [9.17, 15) is 9.59 Å². The van der Waals surface area contributed by atoms with Crippen LogP contribution in [0.15, 0.2) is 6.20 Å². The molecule has 0 atom stereocenters. The van der Waals surface area contributed by atoms with Crippen LogP contribution in [0.3, 0.4) is 0 Å². The van der Waals surface area contributed by atoms with Crippen molar-refractivity contribution in [1.29, 1.82) is 0 Å². The lowest BCUT2D eigenvalue weighted by molar-refractivity contribution is 0.0866. The Morgan fingerprint density at radius 1 is 1.39 bits per heavy atom. The van der Waals surface area contributed by atoms with Gasteiger partial charge in [-0.1, -0.05) is 5.21 Å². The maximum Gasteiger partial charge on any atom is 0.412 e. The highest BCUT2D eigenvalue weighted by Crippen LogP contribution is 2.12. The average molecular weight is 321 g/mol. The first-order chi connectivity index (χ1) is 11.0. The predicted molar refractivity (Wildman–Crippen MR) is 80.9 cm³/mol. The van der Waals surface area contributed by atoms with Crippen molar-refractivity contribution >= 4 is 17.8 Å². The van der Waals surface area contributed by atoms with Gasteiger partial charge in [0.1, 0.15) is 6.54 Å². The Labute approximate surface area is 132 Å². The molecule has 10 nitrogen and oxygen atoms in total. The fraction of sp³-hybridized carbons (Fsp3) is 0.462. The second-order valence-corrected chi connectivity index (χ2v) is 4.81. The van der Waals surface area contributed by atoms with E-state index in [1.165, 1.54) is 15.6 Å². The van der Waals surface area contributed by atoms with Crippen molar-refractivity contribution in [2.45, 2.75) is 33.9 Å². The number of hydrogen-bond acceptors (Lipinski definition) is 7. The molecule has 10 heteroatoms. The number of nitrogens with one attached hydrogen (secondary N) is 1. The molecule has 0 aromatic carbocycles. The Morgan fingerprint density at radius 3 is 2.74 bits per heavy atom. The molecule has 0 aliphatic heterocycles. The number of nitrogens with two attached hydrogens (primary N) is 1. The lowest BCUT2D eigenvalue weighted by Crippen LogP contribution is -2.21. The predicted octanol–water partition coefficient (Wildman–Crippen LogP) is 0.459. The fourth-order valence-electron chi connectivity index (χ4n) is 2.12. The number of aryl methyl sites for hydroxylation is 1. The molecule has 0 saturated heterocycles. The van der Waals surface area contributed by atoms with E-state index >= 15 is 0 Å². The number of carbonyl (C=O) groups is 2. The zero-order valence-corrected chi connectivity index (χ0v) is 13.2. The first kappa shape index (κ1) is 16.6. The van der Waals surface area contributed by atoms with Crippen molar-refractivity contribution < 1.29 is 14.3 Å².